The van der Waals surface area contributed by atoms with Crippen molar-refractivity contribution in [3.8, 4) is 0 Å². The molecule has 3 aromatic carbocycles. The number of halogens is 1. The summed E-state index contributed by atoms with van der Waals surface area (Å²) in [6.45, 7) is 0. The molecular weight excluding hydrogens is 289 g/mol. The monoisotopic (exact) mass is 305 g/mol. The number of hydrogen-bond acceptors (Lipinski definition) is 1. The van der Waals surface area contributed by atoms with Gasteiger partial charge in [-0.05, 0) is 23.3 Å². The highest BCUT2D eigenvalue weighted by atomic mass is 19.1. The minimum atomic E-state index is -0.523. The molecular formula is C20H16FNO. The lowest BCUT2D eigenvalue weighted by Crippen LogP contribution is -2.30. The first kappa shape index (κ1) is 15.0. The Labute approximate surface area is 134 Å². The van der Waals surface area contributed by atoms with Gasteiger partial charge in [-0.3, -0.25) is 4.79 Å². The van der Waals surface area contributed by atoms with Crippen LogP contribution in [0.1, 0.15) is 27.5 Å². The summed E-state index contributed by atoms with van der Waals surface area (Å²) in [5.74, 6) is -0.953. The summed E-state index contributed by atoms with van der Waals surface area (Å²) in [7, 11) is 0. The molecule has 0 heterocycles. The summed E-state index contributed by atoms with van der Waals surface area (Å²) in [6, 6.07) is 24.9. The van der Waals surface area contributed by atoms with E-state index in [0.717, 1.165) is 11.1 Å². The molecule has 1 amide bonds. The van der Waals surface area contributed by atoms with E-state index in [1.807, 2.05) is 60.7 Å². The zero-order valence-electron chi connectivity index (χ0n) is 12.4. The normalized spacial score (nSPS) is 10.5. The molecule has 0 aliphatic carbocycles. The van der Waals surface area contributed by atoms with E-state index in [1.165, 1.54) is 12.1 Å². The molecule has 23 heavy (non-hydrogen) atoms. The fourth-order valence-corrected chi connectivity index (χ4v) is 2.50. The number of benzene rings is 3. The van der Waals surface area contributed by atoms with E-state index in [1.54, 1.807) is 12.1 Å². The lowest BCUT2D eigenvalue weighted by atomic mass is 9.98. The topological polar surface area (TPSA) is 29.1 Å². The Bertz CT molecular complexity index is 748. The summed E-state index contributed by atoms with van der Waals surface area (Å²) >= 11 is 0. The Balaban J connectivity index is 1.94. The lowest BCUT2D eigenvalue weighted by Gasteiger charge is -2.20. The van der Waals surface area contributed by atoms with Crippen LogP contribution in [0.5, 0.6) is 0 Å². The van der Waals surface area contributed by atoms with E-state index in [0.29, 0.717) is 0 Å². The first-order valence-electron chi connectivity index (χ1n) is 7.41. The molecule has 0 fully saturated rings. The van der Waals surface area contributed by atoms with E-state index in [4.69, 9.17) is 0 Å². The van der Waals surface area contributed by atoms with Crippen LogP contribution in [-0.4, -0.2) is 5.91 Å². The van der Waals surface area contributed by atoms with Crippen molar-refractivity contribution in [3.63, 3.8) is 0 Å². The van der Waals surface area contributed by atoms with Gasteiger partial charge < -0.3 is 5.32 Å². The van der Waals surface area contributed by atoms with Gasteiger partial charge in [0.1, 0.15) is 5.82 Å². The van der Waals surface area contributed by atoms with Crippen LogP contribution in [0.25, 0.3) is 0 Å². The van der Waals surface area contributed by atoms with Crippen LogP contribution in [0.2, 0.25) is 0 Å². The zero-order chi connectivity index (χ0) is 16.1. The summed E-state index contributed by atoms with van der Waals surface area (Å²) in [5.41, 5.74) is 1.94. The van der Waals surface area contributed by atoms with E-state index in [2.05, 4.69) is 5.32 Å². The van der Waals surface area contributed by atoms with Crippen LogP contribution in [0, 0.1) is 5.82 Å². The molecule has 0 aliphatic heterocycles. The number of amides is 1. The summed E-state index contributed by atoms with van der Waals surface area (Å²) in [6.07, 6.45) is 0. The highest BCUT2D eigenvalue weighted by Crippen LogP contribution is 2.22. The Morgan fingerprint density at radius 1 is 0.739 bits per heavy atom. The fourth-order valence-electron chi connectivity index (χ4n) is 2.50. The van der Waals surface area contributed by atoms with Gasteiger partial charge in [0.15, 0.2) is 0 Å². The third kappa shape index (κ3) is 3.46. The van der Waals surface area contributed by atoms with E-state index < -0.39 is 11.7 Å². The number of hydrogen-bond donors (Lipinski definition) is 1. The average Bonchev–Trinajstić information content (AvgIpc) is 2.61. The van der Waals surface area contributed by atoms with Gasteiger partial charge in [-0.2, -0.15) is 0 Å². The lowest BCUT2D eigenvalue weighted by molar-refractivity contribution is 0.0939. The molecule has 114 valence electrons. The molecule has 0 unspecified atom stereocenters. The number of carbonyl (C=O) groups excluding carboxylic acids is 1. The second-order valence-corrected chi connectivity index (χ2v) is 5.21. The van der Waals surface area contributed by atoms with Crippen molar-refractivity contribution in [3.05, 3.63) is 107 Å². The summed E-state index contributed by atoms with van der Waals surface area (Å²) in [5, 5.41) is 2.93. The molecule has 1 N–H and O–H groups in total. The predicted octanol–water partition coefficient (Wildman–Crippen LogP) is 4.35. The fraction of sp³-hybridized carbons (Fsp3) is 0.0500. The van der Waals surface area contributed by atoms with Gasteiger partial charge >= 0.3 is 0 Å². The van der Waals surface area contributed by atoms with Crippen LogP contribution in [-0.2, 0) is 0 Å². The second kappa shape index (κ2) is 6.88. The van der Waals surface area contributed by atoms with Crippen molar-refractivity contribution in [1.29, 1.82) is 0 Å². The summed E-state index contributed by atoms with van der Waals surface area (Å²) < 4.78 is 13.8. The third-order valence-electron chi connectivity index (χ3n) is 3.66. The molecule has 0 atom stereocenters. The maximum Gasteiger partial charge on any atom is 0.255 e. The number of rotatable bonds is 4. The van der Waals surface area contributed by atoms with Gasteiger partial charge in [0, 0.05) is 0 Å². The first-order valence-corrected chi connectivity index (χ1v) is 7.41. The van der Waals surface area contributed by atoms with E-state index in [-0.39, 0.29) is 11.6 Å². The molecule has 0 saturated heterocycles. The van der Waals surface area contributed by atoms with Gasteiger partial charge in [-0.25, -0.2) is 4.39 Å². The van der Waals surface area contributed by atoms with Crippen LogP contribution in [0.3, 0.4) is 0 Å². The first-order chi connectivity index (χ1) is 11.3. The van der Waals surface area contributed by atoms with Crippen molar-refractivity contribution in [2.75, 3.05) is 0 Å². The van der Waals surface area contributed by atoms with Crippen LogP contribution in [0.15, 0.2) is 84.9 Å². The highest BCUT2D eigenvalue weighted by Gasteiger charge is 2.19. The van der Waals surface area contributed by atoms with Crippen molar-refractivity contribution in [1.82, 2.24) is 5.32 Å². The minimum absolute atomic E-state index is 0.0457. The van der Waals surface area contributed by atoms with E-state index in [9.17, 15) is 9.18 Å². The largest absolute Gasteiger partial charge is 0.341 e. The van der Waals surface area contributed by atoms with Crippen molar-refractivity contribution < 1.29 is 9.18 Å². The molecule has 3 heteroatoms. The van der Waals surface area contributed by atoms with Gasteiger partial charge in [-0.15, -0.1) is 0 Å². The van der Waals surface area contributed by atoms with E-state index >= 15 is 0 Å². The summed E-state index contributed by atoms with van der Waals surface area (Å²) in [4.78, 5) is 12.5. The van der Waals surface area contributed by atoms with Crippen molar-refractivity contribution in [2.24, 2.45) is 0 Å². The minimum Gasteiger partial charge on any atom is -0.341 e. The second-order valence-electron chi connectivity index (χ2n) is 5.21. The molecule has 0 saturated carbocycles. The third-order valence-corrected chi connectivity index (χ3v) is 3.66. The molecule has 0 aromatic heterocycles. The molecule has 3 aromatic rings. The molecule has 3 rings (SSSR count). The van der Waals surface area contributed by atoms with Crippen molar-refractivity contribution >= 4 is 5.91 Å². The SMILES string of the molecule is O=C(NC(c1ccccc1)c1ccccc1)c1ccccc1F. The van der Waals surface area contributed by atoms with Gasteiger partial charge in [0.05, 0.1) is 11.6 Å². The van der Waals surface area contributed by atoms with Crippen LogP contribution >= 0.6 is 0 Å². The number of nitrogens with one attached hydrogen (secondary N) is 1. The Hall–Kier alpha value is -2.94. The quantitative estimate of drug-likeness (QED) is 0.763. The smallest absolute Gasteiger partial charge is 0.255 e. The van der Waals surface area contributed by atoms with Crippen LogP contribution < -0.4 is 5.32 Å². The standard InChI is InChI=1S/C20H16FNO/c21-18-14-8-7-13-17(18)20(23)22-19(15-9-3-1-4-10-15)16-11-5-2-6-12-16/h1-14,19H,(H,22,23). The molecule has 0 radical (unpaired) electrons. The Morgan fingerprint density at radius 2 is 1.22 bits per heavy atom. The molecule has 0 aliphatic rings. The van der Waals surface area contributed by atoms with Gasteiger partial charge in [0.25, 0.3) is 5.91 Å². The van der Waals surface area contributed by atoms with Gasteiger partial charge in [-0.1, -0.05) is 72.8 Å². The molecule has 2 nitrogen and oxygen atoms in total. The molecule has 0 spiro atoms. The Morgan fingerprint density at radius 3 is 1.74 bits per heavy atom. The highest BCUT2D eigenvalue weighted by molar-refractivity contribution is 5.94. The number of carbonyl (C=O) groups is 1. The van der Waals surface area contributed by atoms with Crippen LogP contribution in [0.4, 0.5) is 4.39 Å². The zero-order valence-corrected chi connectivity index (χ0v) is 12.4. The maximum absolute atomic E-state index is 13.8. The maximum atomic E-state index is 13.8. The molecule has 0 bridgehead atoms. The van der Waals surface area contributed by atoms with Gasteiger partial charge in [0.2, 0.25) is 0 Å². The Kier molecular flexibility index (Phi) is 4.48. The average molecular weight is 305 g/mol. The predicted molar refractivity (Wildman–Crippen MR) is 88.6 cm³/mol. The van der Waals surface area contributed by atoms with Crippen molar-refractivity contribution in [2.45, 2.75) is 6.04 Å².